The van der Waals surface area contributed by atoms with Crippen molar-refractivity contribution in [1.82, 2.24) is 25.1 Å². The number of hydrogen-bond donors (Lipinski definition) is 1. The predicted molar refractivity (Wildman–Crippen MR) is 105 cm³/mol. The lowest BCUT2D eigenvalue weighted by Crippen LogP contribution is -2.37. The number of carbonyl (C=O) groups is 1. The highest BCUT2D eigenvalue weighted by Gasteiger charge is 2.16. The molecule has 144 valence electrons. The zero-order valence-corrected chi connectivity index (χ0v) is 15.7. The number of rotatable bonds is 5. The van der Waals surface area contributed by atoms with Crippen LogP contribution >= 0.6 is 0 Å². The number of hydrogen-bond acceptors (Lipinski definition) is 6. The van der Waals surface area contributed by atoms with E-state index in [4.69, 9.17) is 4.74 Å². The highest BCUT2D eigenvalue weighted by Crippen LogP contribution is 2.14. The maximum absolute atomic E-state index is 12.6. The van der Waals surface area contributed by atoms with Gasteiger partial charge in [0.2, 0.25) is 0 Å². The van der Waals surface area contributed by atoms with Gasteiger partial charge in [0, 0.05) is 19.3 Å². The van der Waals surface area contributed by atoms with Gasteiger partial charge in [-0.2, -0.15) is 5.10 Å². The van der Waals surface area contributed by atoms with Crippen LogP contribution in [0.4, 0.5) is 5.82 Å². The average Bonchev–Trinajstić information content (AvgIpc) is 3.15. The summed E-state index contributed by atoms with van der Waals surface area (Å²) >= 11 is 0. The van der Waals surface area contributed by atoms with Gasteiger partial charge in [-0.1, -0.05) is 18.2 Å². The molecule has 1 aliphatic heterocycles. The second-order valence-electron chi connectivity index (χ2n) is 6.50. The van der Waals surface area contributed by atoms with Crippen molar-refractivity contribution in [2.45, 2.75) is 13.5 Å². The quantitative estimate of drug-likeness (QED) is 0.728. The summed E-state index contributed by atoms with van der Waals surface area (Å²) < 4.78 is 7.13. The van der Waals surface area contributed by atoms with Gasteiger partial charge in [0.05, 0.1) is 42.9 Å². The van der Waals surface area contributed by atoms with E-state index in [0.717, 1.165) is 30.3 Å². The van der Waals surface area contributed by atoms with Crippen molar-refractivity contribution in [3.05, 3.63) is 65.9 Å². The summed E-state index contributed by atoms with van der Waals surface area (Å²) in [6, 6.07) is 11.6. The first kappa shape index (κ1) is 18.1. The molecule has 1 N–H and O–H groups in total. The molecule has 0 unspecified atom stereocenters. The van der Waals surface area contributed by atoms with Gasteiger partial charge < -0.3 is 15.0 Å². The van der Waals surface area contributed by atoms with Gasteiger partial charge >= 0.3 is 0 Å². The number of anilines is 1. The molecule has 0 radical (unpaired) electrons. The Kier molecular flexibility index (Phi) is 5.29. The summed E-state index contributed by atoms with van der Waals surface area (Å²) in [6.45, 7) is 5.14. The first-order valence-corrected chi connectivity index (χ1v) is 9.25. The molecule has 8 heteroatoms. The Morgan fingerprint density at radius 3 is 2.75 bits per heavy atom. The highest BCUT2D eigenvalue weighted by molar-refractivity contribution is 5.95. The van der Waals surface area contributed by atoms with E-state index in [-0.39, 0.29) is 12.5 Å². The third kappa shape index (κ3) is 3.86. The molecule has 1 amide bonds. The van der Waals surface area contributed by atoms with E-state index in [0.29, 0.717) is 24.6 Å². The van der Waals surface area contributed by atoms with Gasteiger partial charge in [-0.15, -0.1) is 0 Å². The molecule has 1 aliphatic rings. The lowest BCUT2D eigenvalue weighted by molar-refractivity contribution is 0.0949. The van der Waals surface area contributed by atoms with Gasteiger partial charge in [-0.05, 0) is 25.1 Å². The first-order valence-electron chi connectivity index (χ1n) is 9.25. The second kappa shape index (κ2) is 8.18. The lowest BCUT2D eigenvalue weighted by atomic mass is 10.2. The van der Waals surface area contributed by atoms with Gasteiger partial charge in [0.1, 0.15) is 11.6 Å². The summed E-state index contributed by atoms with van der Waals surface area (Å²) in [6.07, 6.45) is 3.31. The molecule has 0 spiro atoms. The van der Waals surface area contributed by atoms with Crippen molar-refractivity contribution in [3.63, 3.8) is 0 Å². The van der Waals surface area contributed by atoms with Gasteiger partial charge in [0.15, 0.2) is 0 Å². The third-order valence-electron chi connectivity index (χ3n) is 4.69. The number of benzene rings is 1. The Morgan fingerprint density at radius 1 is 1.18 bits per heavy atom. The minimum absolute atomic E-state index is 0.194. The normalized spacial score (nSPS) is 14.1. The first-order chi connectivity index (χ1) is 13.7. The Balaban J connectivity index is 1.43. The molecule has 1 saturated heterocycles. The molecule has 2 aromatic heterocycles. The van der Waals surface area contributed by atoms with Gasteiger partial charge in [-0.25, -0.2) is 14.6 Å². The minimum atomic E-state index is -0.194. The Labute approximate surface area is 163 Å². The van der Waals surface area contributed by atoms with Crippen LogP contribution in [-0.4, -0.2) is 52.0 Å². The van der Waals surface area contributed by atoms with E-state index in [1.165, 1.54) is 0 Å². The number of para-hydroxylation sites is 1. The molecular formula is C20H22N6O2. The molecule has 4 rings (SSSR count). The summed E-state index contributed by atoms with van der Waals surface area (Å²) in [4.78, 5) is 23.6. The molecule has 3 heterocycles. The molecule has 28 heavy (non-hydrogen) atoms. The molecule has 8 nitrogen and oxygen atoms in total. The zero-order valence-electron chi connectivity index (χ0n) is 15.7. The predicted octanol–water partition coefficient (Wildman–Crippen LogP) is 1.74. The van der Waals surface area contributed by atoms with Crippen LogP contribution in [0.15, 0.2) is 48.8 Å². The number of morpholine rings is 1. The number of carbonyl (C=O) groups excluding carboxylic acids is 1. The topological polar surface area (TPSA) is 85.2 Å². The summed E-state index contributed by atoms with van der Waals surface area (Å²) in [5.41, 5.74) is 2.24. The van der Waals surface area contributed by atoms with Crippen molar-refractivity contribution in [3.8, 4) is 5.69 Å². The molecule has 1 aromatic carbocycles. The van der Waals surface area contributed by atoms with E-state index < -0.39 is 0 Å². The van der Waals surface area contributed by atoms with Crippen molar-refractivity contribution < 1.29 is 9.53 Å². The van der Waals surface area contributed by atoms with E-state index in [2.05, 4.69) is 25.3 Å². The maximum atomic E-state index is 12.6. The van der Waals surface area contributed by atoms with Crippen molar-refractivity contribution in [1.29, 1.82) is 0 Å². The fourth-order valence-electron chi connectivity index (χ4n) is 3.16. The molecule has 0 aliphatic carbocycles. The largest absolute Gasteiger partial charge is 0.378 e. The standard InChI is InChI=1S/C20H22N6O2/c1-15-17(13-23-26(15)16-5-3-2-4-6-16)20(27)22-14-18-21-8-7-19(24-18)25-9-11-28-12-10-25/h2-8,13H,9-12,14H2,1H3,(H,22,27). The molecule has 3 aromatic rings. The number of aromatic nitrogens is 4. The molecule has 0 saturated carbocycles. The van der Waals surface area contributed by atoms with Crippen molar-refractivity contribution >= 4 is 11.7 Å². The fraction of sp³-hybridized carbons (Fsp3) is 0.300. The van der Waals surface area contributed by atoms with Gasteiger partial charge in [-0.3, -0.25) is 4.79 Å². The number of nitrogens with one attached hydrogen (secondary N) is 1. The summed E-state index contributed by atoms with van der Waals surface area (Å²) in [5.74, 6) is 1.24. The second-order valence-corrected chi connectivity index (χ2v) is 6.50. The van der Waals surface area contributed by atoms with Crippen LogP contribution in [0.3, 0.4) is 0 Å². The number of nitrogens with zero attached hydrogens (tertiary/aromatic N) is 5. The minimum Gasteiger partial charge on any atom is -0.378 e. The van der Waals surface area contributed by atoms with E-state index in [1.54, 1.807) is 17.1 Å². The zero-order chi connectivity index (χ0) is 19.3. The maximum Gasteiger partial charge on any atom is 0.255 e. The summed E-state index contributed by atoms with van der Waals surface area (Å²) in [5, 5.41) is 7.23. The number of ether oxygens (including phenoxy) is 1. The van der Waals surface area contributed by atoms with Crippen LogP contribution in [0.5, 0.6) is 0 Å². The Hall–Kier alpha value is -3.26. The molecular weight excluding hydrogens is 356 g/mol. The van der Waals surface area contributed by atoms with Crippen LogP contribution in [-0.2, 0) is 11.3 Å². The monoisotopic (exact) mass is 378 g/mol. The fourth-order valence-corrected chi connectivity index (χ4v) is 3.16. The van der Waals surface area contributed by atoms with Crippen molar-refractivity contribution in [2.24, 2.45) is 0 Å². The highest BCUT2D eigenvalue weighted by atomic mass is 16.5. The lowest BCUT2D eigenvalue weighted by Gasteiger charge is -2.27. The Morgan fingerprint density at radius 2 is 1.96 bits per heavy atom. The van der Waals surface area contributed by atoms with E-state index >= 15 is 0 Å². The molecule has 1 fully saturated rings. The SMILES string of the molecule is Cc1c(C(=O)NCc2nccc(N3CCOCC3)n2)cnn1-c1ccccc1. The average molecular weight is 378 g/mol. The molecule has 0 atom stereocenters. The third-order valence-corrected chi connectivity index (χ3v) is 4.69. The van der Waals surface area contributed by atoms with Gasteiger partial charge in [0.25, 0.3) is 5.91 Å². The summed E-state index contributed by atoms with van der Waals surface area (Å²) in [7, 11) is 0. The van der Waals surface area contributed by atoms with Crippen molar-refractivity contribution in [2.75, 3.05) is 31.2 Å². The van der Waals surface area contributed by atoms with Crippen LogP contribution in [0, 0.1) is 6.92 Å². The smallest absolute Gasteiger partial charge is 0.255 e. The Bertz CT molecular complexity index is 950. The van der Waals surface area contributed by atoms with Crippen LogP contribution in [0.2, 0.25) is 0 Å². The van der Waals surface area contributed by atoms with Crippen LogP contribution < -0.4 is 10.2 Å². The number of amides is 1. The molecule has 0 bridgehead atoms. The van der Waals surface area contributed by atoms with Crippen LogP contribution in [0.25, 0.3) is 5.69 Å². The van der Waals surface area contributed by atoms with E-state index in [9.17, 15) is 4.79 Å². The van der Waals surface area contributed by atoms with E-state index in [1.807, 2.05) is 43.3 Å². The van der Waals surface area contributed by atoms with Crippen LogP contribution in [0.1, 0.15) is 21.9 Å².